The fourth-order valence-corrected chi connectivity index (χ4v) is 2.88. The molecule has 0 radical (unpaired) electrons. The summed E-state index contributed by atoms with van der Waals surface area (Å²) in [6, 6.07) is 16.9. The lowest BCUT2D eigenvalue weighted by atomic mass is 9.82. The Morgan fingerprint density at radius 2 is 1.62 bits per heavy atom. The highest BCUT2D eigenvalue weighted by Gasteiger charge is 2.27. The largest absolute Gasteiger partial charge is 0.393 e. The monoisotopic (exact) mass is 285 g/mol. The third kappa shape index (κ3) is 3.49. The number of rotatable bonds is 5. The van der Waals surface area contributed by atoms with Crippen LogP contribution < -0.4 is 5.32 Å². The number of hydrogen-bond donors (Lipinski definition) is 2. The van der Waals surface area contributed by atoms with E-state index in [1.165, 1.54) is 17.7 Å². The molecule has 110 valence electrons. The molecule has 0 amide bonds. The first kappa shape index (κ1) is 14.2. The molecule has 0 spiro atoms. The SMILES string of the molecule is OC1CC(CNC(c2ccccc2)c2ccc(F)cc2)C1. The van der Waals surface area contributed by atoms with Gasteiger partial charge in [-0.05, 0) is 48.6 Å². The molecule has 0 aromatic heterocycles. The van der Waals surface area contributed by atoms with E-state index in [-0.39, 0.29) is 18.0 Å². The van der Waals surface area contributed by atoms with E-state index in [4.69, 9.17) is 0 Å². The topological polar surface area (TPSA) is 32.3 Å². The molecule has 1 aliphatic carbocycles. The Kier molecular flexibility index (Phi) is 4.32. The highest BCUT2D eigenvalue weighted by molar-refractivity contribution is 5.31. The minimum atomic E-state index is -0.215. The molecule has 3 heteroatoms. The summed E-state index contributed by atoms with van der Waals surface area (Å²) >= 11 is 0. The zero-order valence-corrected chi connectivity index (χ0v) is 11.9. The first-order chi connectivity index (χ1) is 10.2. The summed E-state index contributed by atoms with van der Waals surface area (Å²) in [6.45, 7) is 0.869. The molecule has 1 atom stereocenters. The predicted octanol–water partition coefficient (Wildman–Crippen LogP) is 3.28. The van der Waals surface area contributed by atoms with Crippen molar-refractivity contribution >= 4 is 0 Å². The maximum absolute atomic E-state index is 13.1. The molecule has 2 nitrogen and oxygen atoms in total. The van der Waals surface area contributed by atoms with Gasteiger partial charge in [0.25, 0.3) is 0 Å². The van der Waals surface area contributed by atoms with Gasteiger partial charge < -0.3 is 10.4 Å². The van der Waals surface area contributed by atoms with Crippen molar-refractivity contribution < 1.29 is 9.50 Å². The second-order valence-electron chi connectivity index (χ2n) is 5.79. The van der Waals surface area contributed by atoms with Crippen molar-refractivity contribution in [3.63, 3.8) is 0 Å². The maximum atomic E-state index is 13.1. The third-order valence-electron chi connectivity index (χ3n) is 4.16. The van der Waals surface area contributed by atoms with Gasteiger partial charge >= 0.3 is 0 Å². The van der Waals surface area contributed by atoms with Crippen LogP contribution in [0.5, 0.6) is 0 Å². The van der Waals surface area contributed by atoms with Crippen LogP contribution in [0.15, 0.2) is 54.6 Å². The van der Waals surface area contributed by atoms with E-state index in [0.29, 0.717) is 5.92 Å². The van der Waals surface area contributed by atoms with Crippen LogP contribution in [-0.2, 0) is 0 Å². The Morgan fingerprint density at radius 1 is 1.00 bits per heavy atom. The second-order valence-corrected chi connectivity index (χ2v) is 5.79. The van der Waals surface area contributed by atoms with Gasteiger partial charge in [0.1, 0.15) is 5.82 Å². The number of nitrogens with one attached hydrogen (secondary N) is 1. The molecule has 2 N–H and O–H groups in total. The van der Waals surface area contributed by atoms with Crippen LogP contribution in [0.1, 0.15) is 30.0 Å². The van der Waals surface area contributed by atoms with E-state index in [1.807, 2.05) is 30.3 Å². The van der Waals surface area contributed by atoms with E-state index in [0.717, 1.165) is 24.9 Å². The summed E-state index contributed by atoms with van der Waals surface area (Å²) in [5.41, 5.74) is 2.23. The van der Waals surface area contributed by atoms with Gasteiger partial charge in [0.05, 0.1) is 12.1 Å². The van der Waals surface area contributed by atoms with Gasteiger partial charge in [-0.15, -0.1) is 0 Å². The van der Waals surface area contributed by atoms with Crippen LogP contribution in [0.3, 0.4) is 0 Å². The van der Waals surface area contributed by atoms with Gasteiger partial charge in [-0.2, -0.15) is 0 Å². The van der Waals surface area contributed by atoms with E-state index in [9.17, 15) is 9.50 Å². The second kappa shape index (κ2) is 6.37. The number of benzene rings is 2. The van der Waals surface area contributed by atoms with E-state index < -0.39 is 0 Å². The molecule has 0 heterocycles. The predicted molar refractivity (Wildman–Crippen MR) is 81.4 cm³/mol. The van der Waals surface area contributed by atoms with Crippen molar-refractivity contribution in [2.75, 3.05) is 6.54 Å². The maximum Gasteiger partial charge on any atom is 0.123 e. The van der Waals surface area contributed by atoms with Gasteiger partial charge in [0, 0.05) is 0 Å². The first-order valence-electron chi connectivity index (χ1n) is 7.44. The van der Waals surface area contributed by atoms with Crippen LogP contribution in [-0.4, -0.2) is 17.8 Å². The van der Waals surface area contributed by atoms with Crippen molar-refractivity contribution in [2.45, 2.75) is 25.0 Å². The van der Waals surface area contributed by atoms with Crippen molar-refractivity contribution in [1.29, 1.82) is 0 Å². The molecule has 3 rings (SSSR count). The fourth-order valence-electron chi connectivity index (χ4n) is 2.88. The highest BCUT2D eigenvalue weighted by Crippen LogP contribution is 2.28. The quantitative estimate of drug-likeness (QED) is 0.883. The molecule has 1 fully saturated rings. The van der Waals surface area contributed by atoms with Crippen molar-refractivity contribution in [3.8, 4) is 0 Å². The van der Waals surface area contributed by atoms with Crippen molar-refractivity contribution in [3.05, 3.63) is 71.5 Å². The summed E-state index contributed by atoms with van der Waals surface area (Å²) in [5, 5.41) is 12.9. The zero-order valence-electron chi connectivity index (χ0n) is 11.9. The lowest BCUT2D eigenvalue weighted by molar-refractivity contribution is 0.0423. The summed E-state index contributed by atoms with van der Waals surface area (Å²) in [6.07, 6.45) is 1.62. The molecule has 1 saturated carbocycles. The first-order valence-corrected chi connectivity index (χ1v) is 7.44. The fraction of sp³-hybridized carbons (Fsp3) is 0.333. The Labute approximate surface area is 124 Å². The van der Waals surface area contributed by atoms with Crippen molar-refractivity contribution in [1.82, 2.24) is 5.32 Å². The van der Waals surface area contributed by atoms with Crippen LogP contribution in [0.2, 0.25) is 0 Å². The van der Waals surface area contributed by atoms with Crippen LogP contribution >= 0.6 is 0 Å². The standard InChI is InChI=1S/C18H20FNO/c19-16-8-6-15(7-9-16)18(14-4-2-1-3-5-14)20-12-13-10-17(21)11-13/h1-9,13,17-18,20-21H,10-12H2. The van der Waals surface area contributed by atoms with Gasteiger partial charge in [-0.1, -0.05) is 42.5 Å². The third-order valence-corrected chi connectivity index (χ3v) is 4.16. The van der Waals surface area contributed by atoms with E-state index in [1.54, 1.807) is 0 Å². The number of aliphatic hydroxyl groups is 1. The molecular formula is C18H20FNO. The van der Waals surface area contributed by atoms with Crippen LogP contribution in [0.4, 0.5) is 4.39 Å². The Balaban J connectivity index is 1.76. The van der Waals surface area contributed by atoms with Gasteiger partial charge in [-0.3, -0.25) is 0 Å². The minimum absolute atomic E-state index is 0.0598. The molecular weight excluding hydrogens is 265 g/mol. The summed E-state index contributed by atoms with van der Waals surface area (Å²) in [5.74, 6) is 0.319. The molecule has 1 unspecified atom stereocenters. The zero-order chi connectivity index (χ0) is 14.7. The Morgan fingerprint density at radius 3 is 2.24 bits per heavy atom. The Hall–Kier alpha value is -1.71. The number of halogens is 1. The van der Waals surface area contributed by atoms with Gasteiger partial charge in [-0.25, -0.2) is 4.39 Å². The number of aliphatic hydroxyl groups excluding tert-OH is 1. The van der Waals surface area contributed by atoms with Gasteiger partial charge in [0.15, 0.2) is 0 Å². The smallest absolute Gasteiger partial charge is 0.123 e. The summed E-state index contributed by atoms with van der Waals surface area (Å²) in [4.78, 5) is 0. The summed E-state index contributed by atoms with van der Waals surface area (Å²) < 4.78 is 13.1. The lowest BCUT2D eigenvalue weighted by Gasteiger charge is -2.33. The molecule has 21 heavy (non-hydrogen) atoms. The van der Waals surface area contributed by atoms with E-state index in [2.05, 4.69) is 17.4 Å². The average molecular weight is 285 g/mol. The molecule has 1 aliphatic rings. The normalized spacial score (nSPS) is 22.6. The van der Waals surface area contributed by atoms with Crippen LogP contribution in [0.25, 0.3) is 0 Å². The molecule has 0 saturated heterocycles. The highest BCUT2D eigenvalue weighted by atomic mass is 19.1. The molecule has 0 aliphatic heterocycles. The summed E-state index contributed by atoms with van der Waals surface area (Å²) in [7, 11) is 0. The molecule has 2 aromatic carbocycles. The Bertz CT molecular complexity index is 564. The van der Waals surface area contributed by atoms with Gasteiger partial charge in [0.2, 0.25) is 0 Å². The van der Waals surface area contributed by atoms with Crippen molar-refractivity contribution in [2.24, 2.45) is 5.92 Å². The minimum Gasteiger partial charge on any atom is -0.393 e. The average Bonchev–Trinajstić information content (AvgIpc) is 2.48. The lowest BCUT2D eigenvalue weighted by Crippen LogP contribution is -2.37. The molecule has 2 aromatic rings. The van der Waals surface area contributed by atoms with E-state index >= 15 is 0 Å². The molecule has 0 bridgehead atoms. The van der Waals surface area contributed by atoms with Crippen LogP contribution in [0, 0.1) is 11.7 Å². The number of hydrogen-bond acceptors (Lipinski definition) is 2.